The average molecular weight is 183 g/mol. The van der Waals surface area contributed by atoms with Crippen LogP contribution in [0.15, 0.2) is 18.2 Å². The van der Waals surface area contributed by atoms with Crippen molar-refractivity contribution in [3.8, 4) is 11.8 Å². The summed E-state index contributed by atoms with van der Waals surface area (Å²) < 4.78 is 0. The van der Waals surface area contributed by atoms with Gasteiger partial charge in [0.05, 0.1) is 11.1 Å². The summed E-state index contributed by atoms with van der Waals surface area (Å²) in [5.74, 6) is -0.00874. The summed E-state index contributed by atoms with van der Waals surface area (Å²) in [5, 5.41) is 17.7. The number of nitrogens with two attached hydrogens (primary N) is 1. The fourth-order valence-electron chi connectivity index (χ4n) is 0.791. The van der Waals surface area contributed by atoms with E-state index >= 15 is 0 Å². The number of aromatic hydroxyl groups is 1. The Morgan fingerprint density at radius 1 is 1.58 bits per heavy atom. The van der Waals surface area contributed by atoms with Crippen LogP contribution in [0, 0.1) is 11.3 Å². The summed E-state index contributed by atoms with van der Waals surface area (Å²) in [5.41, 5.74) is 6.01. The van der Waals surface area contributed by atoms with Gasteiger partial charge in [-0.25, -0.2) is 0 Å². The highest BCUT2D eigenvalue weighted by Crippen LogP contribution is 2.25. The number of hydrogen-bond donors (Lipinski definition) is 2. The molecule has 0 aliphatic carbocycles. The van der Waals surface area contributed by atoms with Crippen LogP contribution in [0.25, 0.3) is 0 Å². The van der Waals surface area contributed by atoms with Crippen LogP contribution in [-0.2, 0) is 0 Å². The highest BCUT2D eigenvalue weighted by atomic mass is 35.5. The third kappa shape index (κ3) is 1.67. The minimum Gasteiger partial charge on any atom is -0.506 e. The van der Waals surface area contributed by atoms with E-state index in [-0.39, 0.29) is 10.8 Å². The number of phenolic OH excluding ortho intramolecular Hbond substituents is 1. The van der Waals surface area contributed by atoms with Crippen LogP contribution < -0.4 is 5.73 Å². The van der Waals surface area contributed by atoms with Gasteiger partial charge in [-0.2, -0.15) is 5.26 Å². The van der Waals surface area contributed by atoms with E-state index in [1.807, 2.05) is 6.07 Å². The summed E-state index contributed by atoms with van der Waals surface area (Å²) in [6, 6.07) is 5.63. The second kappa shape index (κ2) is 3.44. The first-order valence-corrected chi connectivity index (χ1v) is 3.66. The lowest BCUT2D eigenvalue weighted by atomic mass is 10.1. The van der Waals surface area contributed by atoms with Crippen molar-refractivity contribution in [2.24, 2.45) is 5.73 Å². The van der Waals surface area contributed by atoms with E-state index in [0.29, 0.717) is 5.56 Å². The highest BCUT2D eigenvalue weighted by Gasteiger charge is 2.06. The van der Waals surface area contributed by atoms with E-state index in [1.54, 1.807) is 6.07 Å². The first-order valence-electron chi connectivity index (χ1n) is 3.28. The molecule has 0 fully saturated rings. The molecule has 1 rings (SSSR count). The van der Waals surface area contributed by atoms with E-state index in [9.17, 15) is 0 Å². The Kier molecular flexibility index (Phi) is 2.54. The molecule has 0 heterocycles. The zero-order valence-corrected chi connectivity index (χ0v) is 6.92. The minimum atomic E-state index is -0.692. The van der Waals surface area contributed by atoms with E-state index in [1.165, 1.54) is 12.1 Å². The molecule has 3 N–H and O–H groups in total. The van der Waals surface area contributed by atoms with Crippen molar-refractivity contribution in [3.63, 3.8) is 0 Å². The number of nitrogens with zero attached hydrogens (tertiary/aromatic N) is 1. The Labute approximate surface area is 75.0 Å². The van der Waals surface area contributed by atoms with Crippen molar-refractivity contribution >= 4 is 11.6 Å². The van der Waals surface area contributed by atoms with Crippen molar-refractivity contribution < 1.29 is 5.11 Å². The second-order valence-electron chi connectivity index (χ2n) is 2.32. The van der Waals surface area contributed by atoms with Crippen molar-refractivity contribution in [2.75, 3.05) is 0 Å². The Bertz CT molecular complexity index is 332. The fourth-order valence-corrected chi connectivity index (χ4v) is 0.980. The van der Waals surface area contributed by atoms with Gasteiger partial charge in [-0.3, -0.25) is 0 Å². The van der Waals surface area contributed by atoms with Crippen LogP contribution in [0.5, 0.6) is 5.75 Å². The lowest BCUT2D eigenvalue weighted by Gasteiger charge is -2.03. The zero-order valence-electron chi connectivity index (χ0n) is 6.16. The van der Waals surface area contributed by atoms with Crippen LogP contribution in [0.1, 0.15) is 11.6 Å². The molecule has 0 spiro atoms. The molecule has 3 nitrogen and oxygen atoms in total. The molecule has 1 aromatic rings. The molecule has 1 atom stereocenters. The molecule has 0 aliphatic rings. The van der Waals surface area contributed by atoms with Gasteiger partial charge in [0.25, 0.3) is 0 Å². The molecule has 0 radical (unpaired) electrons. The molecule has 1 unspecified atom stereocenters. The highest BCUT2D eigenvalue weighted by molar-refractivity contribution is 6.32. The Morgan fingerprint density at radius 3 is 2.75 bits per heavy atom. The number of rotatable bonds is 1. The smallest absolute Gasteiger partial charge is 0.134 e. The standard InChI is InChI=1S/C8H7ClN2O/c9-6-3-5(7(11)4-10)1-2-8(6)12/h1-3,7,12H,11H2. The van der Waals surface area contributed by atoms with Crippen LogP contribution in [0.4, 0.5) is 0 Å². The van der Waals surface area contributed by atoms with E-state index < -0.39 is 6.04 Å². The molecule has 0 aliphatic heterocycles. The Hall–Kier alpha value is -1.24. The minimum absolute atomic E-state index is 0.00874. The van der Waals surface area contributed by atoms with E-state index in [0.717, 1.165) is 0 Å². The molecule has 1 aromatic carbocycles. The molecule has 0 saturated heterocycles. The monoisotopic (exact) mass is 182 g/mol. The van der Waals surface area contributed by atoms with Crippen molar-refractivity contribution in [1.82, 2.24) is 0 Å². The largest absolute Gasteiger partial charge is 0.506 e. The number of phenols is 1. The first-order chi connectivity index (χ1) is 5.65. The van der Waals surface area contributed by atoms with Gasteiger partial charge in [-0.1, -0.05) is 17.7 Å². The topological polar surface area (TPSA) is 70.0 Å². The lowest BCUT2D eigenvalue weighted by molar-refractivity contribution is 0.475. The van der Waals surface area contributed by atoms with Gasteiger partial charge in [0.1, 0.15) is 11.8 Å². The number of hydrogen-bond acceptors (Lipinski definition) is 3. The quantitative estimate of drug-likeness (QED) is 0.693. The molecule has 4 heteroatoms. The van der Waals surface area contributed by atoms with Gasteiger partial charge in [0.15, 0.2) is 0 Å². The number of nitriles is 1. The van der Waals surface area contributed by atoms with Gasteiger partial charge in [0, 0.05) is 0 Å². The van der Waals surface area contributed by atoms with Crippen LogP contribution >= 0.6 is 11.6 Å². The third-order valence-electron chi connectivity index (χ3n) is 1.47. The molecule has 12 heavy (non-hydrogen) atoms. The van der Waals surface area contributed by atoms with Gasteiger partial charge >= 0.3 is 0 Å². The maximum absolute atomic E-state index is 9.04. The molecule has 62 valence electrons. The third-order valence-corrected chi connectivity index (χ3v) is 1.77. The molecule has 0 amide bonds. The van der Waals surface area contributed by atoms with Gasteiger partial charge in [-0.15, -0.1) is 0 Å². The lowest BCUT2D eigenvalue weighted by Crippen LogP contribution is -2.06. The summed E-state index contributed by atoms with van der Waals surface area (Å²) in [4.78, 5) is 0. The summed E-state index contributed by atoms with van der Waals surface area (Å²) in [6.45, 7) is 0. The molecule has 0 bridgehead atoms. The Morgan fingerprint density at radius 2 is 2.25 bits per heavy atom. The molecule has 0 aromatic heterocycles. The van der Waals surface area contributed by atoms with Gasteiger partial charge in [-0.05, 0) is 17.7 Å². The van der Waals surface area contributed by atoms with Crippen molar-refractivity contribution in [3.05, 3.63) is 28.8 Å². The van der Waals surface area contributed by atoms with Crippen molar-refractivity contribution in [2.45, 2.75) is 6.04 Å². The summed E-state index contributed by atoms with van der Waals surface area (Å²) in [6.07, 6.45) is 0. The summed E-state index contributed by atoms with van der Waals surface area (Å²) >= 11 is 5.60. The number of halogens is 1. The fraction of sp³-hybridized carbons (Fsp3) is 0.125. The van der Waals surface area contributed by atoms with Crippen LogP contribution in [0.2, 0.25) is 5.02 Å². The average Bonchev–Trinajstić information content (AvgIpc) is 2.08. The van der Waals surface area contributed by atoms with Crippen LogP contribution in [0.3, 0.4) is 0 Å². The maximum atomic E-state index is 9.04. The normalized spacial score (nSPS) is 12.1. The summed E-state index contributed by atoms with van der Waals surface area (Å²) in [7, 11) is 0. The van der Waals surface area contributed by atoms with Gasteiger partial charge < -0.3 is 10.8 Å². The molecule has 0 saturated carbocycles. The molecular weight excluding hydrogens is 176 g/mol. The van der Waals surface area contributed by atoms with E-state index in [4.69, 9.17) is 27.7 Å². The second-order valence-corrected chi connectivity index (χ2v) is 2.72. The zero-order chi connectivity index (χ0) is 9.14. The predicted molar refractivity (Wildman–Crippen MR) is 45.7 cm³/mol. The maximum Gasteiger partial charge on any atom is 0.134 e. The SMILES string of the molecule is N#CC(N)c1ccc(O)c(Cl)c1. The first kappa shape index (κ1) is 8.85. The van der Waals surface area contributed by atoms with Gasteiger partial charge in [0.2, 0.25) is 0 Å². The van der Waals surface area contributed by atoms with E-state index in [2.05, 4.69) is 0 Å². The van der Waals surface area contributed by atoms with Crippen LogP contribution in [-0.4, -0.2) is 5.11 Å². The van der Waals surface area contributed by atoms with Crippen molar-refractivity contribution in [1.29, 1.82) is 5.26 Å². The predicted octanol–water partition coefficient (Wildman–Crippen LogP) is 1.57. The Balaban J connectivity index is 3.06. The molecular formula is C8H7ClN2O. The number of benzene rings is 1.